The van der Waals surface area contributed by atoms with Crippen LogP contribution in [0, 0.1) is 5.82 Å². The molecule has 1 aromatic heterocycles. The third kappa shape index (κ3) is 2.75. The van der Waals surface area contributed by atoms with Crippen LogP contribution in [0.5, 0.6) is 5.75 Å². The molecule has 0 saturated heterocycles. The summed E-state index contributed by atoms with van der Waals surface area (Å²) in [5.41, 5.74) is 0. The lowest BCUT2D eigenvalue weighted by Gasteiger charge is -2.07. The van der Waals surface area contributed by atoms with Gasteiger partial charge in [-0.15, -0.1) is 5.10 Å². The summed E-state index contributed by atoms with van der Waals surface area (Å²) in [7, 11) is 0. The van der Waals surface area contributed by atoms with Crippen LogP contribution in [0.2, 0.25) is 0 Å². The SMILES string of the molecule is Fc1ccc(Br)c(OCCn2cnnn2)c1. The zero-order valence-electron chi connectivity index (χ0n) is 8.18. The zero-order chi connectivity index (χ0) is 11.4. The van der Waals surface area contributed by atoms with Gasteiger partial charge in [-0.2, -0.15) is 0 Å². The molecule has 0 unspecified atom stereocenters. The van der Waals surface area contributed by atoms with Crippen molar-refractivity contribution in [3.8, 4) is 5.75 Å². The predicted octanol–water partition coefficient (Wildman–Crippen LogP) is 1.65. The van der Waals surface area contributed by atoms with Gasteiger partial charge in [0.25, 0.3) is 0 Å². The first-order chi connectivity index (χ1) is 7.75. The molecule has 0 radical (unpaired) electrons. The molecule has 0 saturated carbocycles. The quantitative estimate of drug-likeness (QED) is 0.858. The van der Waals surface area contributed by atoms with Crippen LogP contribution in [0.15, 0.2) is 29.0 Å². The number of rotatable bonds is 4. The average Bonchev–Trinajstić information content (AvgIpc) is 2.76. The smallest absolute Gasteiger partial charge is 0.138 e. The van der Waals surface area contributed by atoms with E-state index in [0.717, 1.165) is 0 Å². The van der Waals surface area contributed by atoms with E-state index in [1.807, 2.05) is 0 Å². The van der Waals surface area contributed by atoms with Gasteiger partial charge in [0.15, 0.2) is 0 Å². The molecule has 0 aliphatic carbocycles. The Morgan fingerprint density at radius 1 is 1.44 bits per heavy atom. The van der Waals surface area contributed by atoms with Gasteiger partial charge >= 0.3 is 0 Å². The van der Waals surface area contributed by atoms with Crippen molar-refractivity contribution in [1.29, 1.82) is 0 Å². The summed E-state index contributed by atoms with van der Waals surface area (Å²) in [5, 5.41) is 10.7. The normalized spacial score (nSPS) is 10.4. The molecule has 0 spiro atoms. The van der Waals surface area contributed by atoms with Crippen molar-refractivity contribution in [3.63, 3.8) is 0 Å². The lowest BCUT2D eigenvalue weighted by Crippen LogP contribution is -2.09. The highest BCUT2D eigenvalue weighted by molar-refractivity contribution is 9.10. The Morgan fingerprint density at radius 2 is 2.31 bits per heavy atom. The fourth-order valence-electron chi connectivity index (χ4n) is 1.12. The van der Waals surface area contributed by atoms with Crippen LogP contribution in [0.3, 0.4) is 0 Å². The molecule has 0 fully saturated rings. The number of aromatic nitrogens is 4. The molecule has 2 aromatic rings. The number of benzene rings is 1. The minimum Gasteiger partial charge on any atom is -0.490 e. The van der Waals surface area contributed by atoms with Gasteiger partial charge in [-0.3, -0.25) is 0 Å². The minimum atomic E-state index is -0.333. The van der Waals surface area contributed by atoms with Gasteiger partial charge in [0.05, 0.1) is 11.0 Å². The van der Waals surface area contributed by atoms with E-state index in [2.05, 4.69) is 31.5 Å². The molecule has 16 heavy (non-hydrogen) atoms. The minimum absolute atomic E-state index is 0.333. The van der Waals surface area contributed by atoms with Crippen LogP contribution in [0.4, 0.5) is 4.39 Å². The summed E-state index contributed by atoms with van der Waals surface area (Å²) >= 11 is 3.27. The number of ether oxygens (including phenoxy) is 1. The first kappa shape index (κ1) is 11.0. The third-order valence-electron chi connectivity index (χ3n) is 1.86. The van der Waals surface area contributed by atoms with E-state index in [1.54, 1.807) is 6.07 Å². The summed E-state index contributed by atoms with van der Waals surface area (Å²) < 4.78 is 20.5. The van der Waals surface area contributed by atoms with Crippen molar-refractivity contribution < 1.29 is 9.13 Å². The maximum Gasteiger partial charge on any atom is 0.138 e. The van der Waals surface area contributed by atoms with Gasteiger partial charge < -0.3 is 4.74 Å². The summed E-state index contributed by atoms with van der Waals surface area (Å²) in [6.45, 7) is 0.878. The maximum absolute atomic E-state index is 12.9. The van der Waals surface area contributed by atoms with Gasteiger partial charge in [-0.1, -0.05) is 0 Å². The summed E-state index contributed by atoms with van der Waals surface area (Å²) in [6.07, 6.45) is 1.49. The van der Waals surface area contributed by atoms with Crippen LogP contribution in [-0.2, 0) is 6.54 Å². The Hall–Kier alpha value is -1.50. The highest BCUT2D eigenvalue weighted by atomic mass is 79.9. The van der Waals surface area contributed by atoms with Crippen molar-refractivity contribution in [1.82, 2.24) is 20.2 Å². The van der Waals surface area contributed by atoms with Crippen molar-refractivity contribution in [2.75, 3.05) is 6.61 Å². The number of halogens is 2. The van der Waals surface area contributed by atoms with Gasteiger partial charge in [0.2, 0.25) is 0 Å². The largest absolute Gasteiger partial charge is 0.490 e. The number of tetrazole rings is 1. The Balaban J connectivity index is 1.92. The Labute approximate surface area is 99.3 Å². The molecule has 7 heteroatoms. The first-order valence-corrected chi connectivity index (χ1v) is 5.33. The highest BCUT2D eigenvalue weighted by Gasteiger charge is 2.03. The Morgan fingerprint density at radius 3 is 3.06 bits per heavy atom. The van der Waals surface area contributed by atoms with E-state index < -0.39 is 0 Å². The van der Waals surface area contributed by atoms with Crippen LogP contribution >= 0.6 is 15.9 Å². The van der Waals surface area contributed by atoms with Crippen LogP contribution in [0.1, 0.15) is 0 Å². The van der Waals surface area contributed by atoms with Crippen molar-refractivity contribution in [2.45, 2.75) is 6.54 Å². The predicted molar refractivity (Wildman–Crippen MR) is 57.4 cm³/mol. The van der Waals surface area contributed by atoms with Crippen LogP contribution in [0.25, 0.3) is 0 Å². The number of hydrogen-bond donors (Lipinski definition) is 0. The standard InChI is InChI=1S/C9H8BrFN4O/c10-8-2-1-7(11)5-9(8)16-4-3-15-6-12-13-14-15/h1-2,5-6H,3-4H2. The highest BCUT2D eigenvalue weighted by Crippen LogP contribution is 2.25. The average molecular weight is 287 g/mol. The molecule has 0 N–H and O–H groups in total. The lowest BCUT2D eigenvalue weighted by atomic mass is 10.3. The first-order valence-electron chi connectivity index (χ1n) is 4.54. The molecule has 0 atom stereocenters. The van der Waals surface area contributed by atoms with E-state index in [1.165, 1.54) is 23.1 Å². The molecule has 0 aliphatic heterocycles. The van der Waals surface area contributed by atoms with Crippen LogP contribution < -0.4 is 4.74 Å². The van der Waals surface area contributed by atoms with E-state index in [9.17, 15) is 4.39 Å². The third-order valence-corrected chi connectivity index (χ3v) is 2.52. The summed E-state index contributed by atoms with van der Waals surface area (Å²) in [6, 6.07) is 4.28. The molecule has 1 aromatic carbocycles. The maximum atomic E-state index is 12.9. The molecule has 0 amide bonds. The topological polar surface area (TPSA) is 52.8 Å². The molecule has 5 nitrogen and oxygen atoms in total. The van der Waals surface area contributed by atoms with Gasteiger partial charge in [-0.05, 0) is 38.5 Å². The Kier molecular flexibility index (Phi) is 3.45. The van der Waals surface area contributed by atoms with E-state index in [0.29, 0.717) is 23.4 Å². The second-order valence-electron chi connectivity index (χ2n) is 3.00. The van der Waals surface area contributed by atoms with E-state index in [-0.39, 0.29) is 5.82 Å². The summed E-state index contributed by atoms with van der Waals surface area (Å²) in [4.78, 5) is 0. The van der Waals surface area contributed by atoms with Crippen LogP contribution in [-0.4, -0.2) is 26.8 Å². The lowest BCUT2D eigenvalue weighted by molar-refractivity contribution is 0.287. The fourth-order valence-corrected chi connectivity index (χ4v) is 1.48. The molecular formula is C9H8BrFN4O. The molecule has 0 aliphatic rings. The van der Waals surface area contributed by atoms with Gasteiger partial charge in [0.1, 0.15) is 24.5 Å². The summed E-state index contributed by atoms with van der Waals surface area (Å²) in [5.74, 6) is 0.133. The monoisotopic (exact) mass is 286 g/mol. The van der Waals surface area contributed by atoms with Crippen molar-refractivity contribution in [2.24, 2.45) is 0 Å². The van der Waals surface area contributed by atoms with Gasteiger partial charge in [-0.25, -0.2) is 9.07 Å². The Bertz CT molecular complexity index is 463. The number of nitrogens with zero attached hydrogens (tertiary/aromatic N) is 4. The zero-order valence-corrected chi connectivity index (χ0v) is 9.76. The molecule has 2 rings (SSSR count). The molecule has 84 valence electrons. The van der Waals surface area contributed by atoms with E-state index in [4.69, 9.17) is 4.74 Å². The fraction of sp³-hybridized carbons (Fsp3) is 0.222. The molecule has 0 bridgehead atoms. The van der Waals surface area contributed by atoms with Gasteiger partial charge in [0, 0.05) is 6.07 Å². The number of hydrogen-bond acceptors (Lipinski definition) is 4. The molecular weight excluding hydrogens is 279 g/mol. The van der Waals surface area contributed by atoms with E-state index >= 15 is 0 Å². The van der Waals surface area contributed by atoms with Crippen molar-refractivity contribution >= 4 is 15.9 Å². The second-order valence-corrected chi connectivity index (χ2v) is 3.85. The van der Waals surface area contributed by atoms with Crippen molar-refractivity contribution in [3.05, 3.63) is 34.8 Å². The second kappa shape index (κ2) is 5.02. The molecule has 1 heterocycles.